The summed E-state index contributed by atoms with van der Waals surface area (Å²) in [6.45, 7) is 7.98. The number of aliphatic carboxylic acids is 1. The Balaban J connectivity index is 1.42. The average molecular weight is 399 g/mol. The molecule has 2 aliphatic rings. The monoisotopic (exact) mass is 399 g/mol. The van der Waals surface area contributed by atoms with Gasteiger partial charge in [-0.25, -0.2) is 13.6 Å². The molecule has 0 bridgehead atoms. The minimum atomic E-state index is -0.731. The summed E-state index contributed by atoms with van der Waals surface area (Å²) in [5.74, 6) is -1.89. The van der Waals surface area contributed by atoms with Crippen molar-refractivity contribution in [3.05, 3.63) is 58.9 Å². The minimum absolute atomic E-state index is 0.100. The van der Waals surface area contributed by atoms with Gasteiger partial charge < -0.3 is 14.7 Å². The third kappa shape index (κ3) is 3.73. The minimum Gasteiger partial charge on any atom is -0.481 e. The predicted octanol–water partition coefficient (Wildman–Crippen LogP) is 4.18. The molecule has 1 aliphatic carbocycles. The Morgan fingerprint density at radius 3 is 2.66 bits per heavy atom. The molecule has 2 fully saturated rings. The molecule has 4 rings (SSSR count). The molecule has 0 amide bonds. The van der Waals surface area contributed by atoms with Gasteiger partial charge in [0, 0.05) is 18.7 Å². The first kappa shape index (κ1) is 19.1. The van der Waals surface area contributed by atoms with E-state index in [2.05, 4.69) is 9.83 Å². The van der Waals surface area contributed by atoms with Crippen LogP contribution in [-0.4, -0.2) is 29.1 Å². The topological polar surface area (TPSA) is 67.0 Å². The number of hydrogen-bond acceptors (Lipinski definition) is 4. The summed E-state index contributed by atoms with van der Waals surface area (Å²) in [5, 5.41) is 9.20. The molecule has 8 heteroatoms. The summed E-state index contributed by atoms with van der Waals surface area (Å²) >= 11 is 0. The molecule has 2 heterocycles. The molecule has 29 heavy (non-hydrogen) atoms. The van der Waals surface area contributed by atoms with E-state index in [4.69, 9.17) is 11.3 Å². The van der Waals surface area contributed by atoms with Crippen LogP contribution in [0.5, 0.6) is 5.88 Å². The van der Waals surface area contributed by atoms with Crippen molar-refractivity contribution in [2.75, 3.05) is 18.0 Å². The molecule has 1 spiro atoms. The average Bonchev–Trinajstić information content (AvgIpc) is 3.42. The summed E-state index contributed by atoms with van der Waals surface area (Å²) < 4.78 is 33.5. The first-order chi connectivity index (χ1) is 13.9. The van der Waals surface area contributed by atoms with Crippen LogP contribution in [0.3, 0.4) is 0 Å². The Hall–Kier alpha value is -3.21. The number of carboxylic acid groups (broad SMARTS) is 1. The van der Waals surface area contributed by atoms with Crippen molar-refractivity contribution in [2.24, 2.45) is 11.3 Å². The van der Waals surface area contributed by atoms with Gasteiger partial charge in [-0.2, -0.15) is 4.98 Å². The number of carbonyl (C=O) groups is 1. The van der Waals surface area contributed by atoms with E-state index in [1.165, 1.54) is 18.2 Å². The van der Waals surface area contributed by atoms with Crippen molar-refractivity contribution in [1.29, 1.82) is 0 Å². The van der Waals surface area contributed by atoms with Crippen LogP contribution < -0.4 is 9.64 Å². The van der Waals surface area contributed by atoms with Crippen LogP contribution in [0, 0.1) is 29.5 Å². The van der Waals surface area contributed by atoms with Crippen LogP contribution >= 0.6 is 0 Å². The van der Waals surface area contributed by atoms with Gasteiger partial charge in [0.05, 0.1) is 12.5 Å². The molecule has 1 saturated heterocycles. The summed E-state index contributed by atoms with van der Waals surface area (Å²) in [6, 6.07) is 6.84. The van der Waals surface area contributed by atoms with Crippen LogP contribution in [-0.2, 0) is 11.4 Å². The van der Waals surface area contributed by atoms with Gasteiger partial charge in [-0.1, -0.05) is 12.1 Å². The van der Waals surface area contributed by atoms with E-state index >= 15 is 0 Å². The third-order valence-electron chi connectivity index (χ3n) is 5.90. The lowest BCUT2D eigenvalue weighted by Gasteiger charge is -2.33. The lowest BCUT2D eigenvalue weighted by Crippen LogP contribution is -2.36. The van der Waals surface area contributed by atoms with Crippen molar-refractivity contribution in [3.63, 3.8) is 0 Å². The Labute approximate surface area is 166 Å². The molecule has 0 radical (unpaired) electrons. The second-order valence-corrected chi connectivity index (χ2v) is 7.58. The second kappa shape index (κ2) is 7.32. The lowest BCUT2D eigenvalue weighted by atomic mass is 9.91. The first-order valence-corrected chi connectivity index (χ1v) is 9.35. The van der Waals surface area contributed by atoms with Gasteiger partial charge in [0.1, 0.15) is 18.2 Å². The number of aromatic nitrogens is 1. The third-order valence-corrected chi connectivity index (χ3v) is 5.90. The zero-order valence-corrected chi connectivity index (χ0v) is 15.6. The summed E-state index contributed by atoms with van der Waals surface area (Å²) in [7, 11) is 0. The number of halogens is 2. The lowest BCUT2D eigenvalue weighted by molar-refractivity contribution is -0.139. The van der Waals surface area contributed by atoms with E-state index in [-0.39, 0.29) is 35.1 Å². The molecule has 150 valence electrons. The van der Waals surface area contributed by atoms with E-state index in [9.17, 15) is 18.7 Å². The summed E-state index contributed by atoms with van der Waals surface area (Å²) in [6.07, 6.45) is 2.24. The highest BCUT2D eigenvalue weighted by Crippen LogP contribution is 2.59. The Kier molecular flexibility index (Phi) is 4.82. The number of rotatable bonds is 5. The molecule has 1 aromatic carbocycles. The Morgan fingerprint density at radius 1 is 1.28 bits per heavy atom. The molecular weight excluding hydrogens is 380 g/mol. The van der Waals surface area contributed by atoms with Gasteiger partial charge in [-0.15, -0.1) is 0 Å². The van der Waals surface area contributed by atoms with Crippen LogP contribution in [0.25, 0.3) is 4.85 Å². The zero-order chi connectivity index (χ0) is 20.6. The molecule has 1 saturated carbocycles. The highest BCUT2D eigenvalue weighted by molar-refractivity contribution is 5.75. The van der Waals surface area contributed by atoms with Crippen molar-refractivity contribution < 1.29 is 23.4 Å². The van der Waals surface area contributed by atoms with Crippen LogP contribution in [0.15, 0.2) is 30.3 Å². The van der Waals surface area contributed by atoms with Gasteiger partial charge in [-0.05, 0) is 42.9 Å². The smallest absolute Gasteiger partial charge is 0.307 e. The van der Waals surface area contributed by atoms with Gasteiger partial charge in [0.25, 0.3) is 5.88 Å². The van der Waals surface area contributed by atoms with E-state index in [1.807, 2.05) is 4.90 Å². The van der Waals surface area contributed by atoms with Gasteiger partial charge in [0.15, 0.2) is 11.5 Å². The van der Waals surface area contributed by atoms with Crippen molar-refractivity contribution in [1.82, 2.24) is 4.98 Å². The van der Waals surface area contributed by atoms with Gasteiger partial charge in [0.2, 0.25) is 0 Å². The fourth-order valence-corrected chi connectivity index (χ4v) is 3.99. The Bertz CT molecular complexity index is 997. The largest absolute Gasteiger partial charge is 0.481 e. The summed E-state index contributed by atoms with van der Waals surface area (Å²) in [4.78, 5) is 20.6. The number of ether oxygens (including phenoxy) is 1. The van der Waals surface area contributed by atoms with E-state index in [1.54, 1.807) is 6.07 Å². The SMILES string of the molecule is [C-]#[N+]c1ccc(COc2nc(N3CCC4(CC3)CC4C(=O)O)ccc2F)c(F)c1. The second-order valence-electron chi connectivity index (χ2n) is 7.58. The van der Waals surface area contributed by atoms with Crippen LogP contribution in [0.1, 0.15) is 24.8 Å². The normalized spacial score (nSPS) is 19.6. The first-order valence-electron chi connectivity index (χ1n) is 9.35. The number of hydrogen-bond donors (Lipinski definition) is 1. The molecular formula is C21H19F2N3O3. The standard InChI is InChI=1S/C21H19F2N3O3/c1-24-14-3-2-13(17(23)10-14)12-29-19-16(22)4-5-18(25-19)26-8-6-21(7-9-26)11-15(21)20(27)28/h2-5,10,15H,6-9,11-12H2,(H,27,28). The highest BCUT2D eigenvalue weighted by Gasteiger charge is 2.58. The maximum Gasteiger partial charge on any atom is 0.307 e. The molecule has 6 nitrogen and oxygen atoms in total. The maximum atomic E-state index is 14.1. The van der Waals surface area contributed by atoms with E-state index in [0.29, 0.717) is 18.9 Å². The Morgan fingerprint density at radius 2 is 2.03 bits per heavy atom. The van der Waals surface area contributed by atoms with Gasteiger partial charge >= 0.3 is 5.97 Å². The highest BCUT2D eigenvalue weighted by atomic mass is 19.1. The molecule has 1 N–H and O–H groups in total. The molecule has 2 aromatic rings. The van der Waals surface area contributed by atoms with Crippen LogP contribution in [0.2, 0.25) is 0 Å². The van der Waals surface area contributed by atoms with Crippen LogP contribution in [0.4, 0.5) is 20.3 Å². The summed E-state index contributed by atoms with van der Waals surface area (Å²) in [5.41, 5.74) is 0.287. The van der Waals surface area contributed by atoms with Crippen molar-refractivity contribution in [3.8, 4) is 5.88 Å². The number of anilines is 1. The number of carboxylic acids is 1. The van der Waals surface area contributed by atoms with E-state index < -0.39 is 17.6 Å². The predicted molar refractivity (Wildman–Crippen MR) is 101 cm³/mol. The van der Waals surface area contributed by atoms with E-state index in [0.717, 1.165) is 25.3 Å². The maximum absolute atomic E-state index is 14.1. The zero-order valence-electron chi connectivity index (χ0n) is 15.6. The number of piperidine rings is 1. The van der Waals surface area contributed by atoms with Crippen molar-refractivity contribution in [2.45, 2.75) is 25.9 Å². The fraction of sp³-hybridized carbons (Fsp3) is 0.381. The molecule has 1 atom stereocenters. The fourth-order valence-electron chi connectivity index (χ4n) is 3.99. The number of pyridine rings is 1. The molecule has 1 aliphatic heterocycles. The quantitative estimate of drug-likeness (QED) is 0.764. The van der Waals surface area contributed by atoms with Crippen molar-refractivity contribution >= 4 is 17.5 Å². The molecule has 1 unspecified atom stereocenters. The number of benzene rings is 1. The number of nitrogens with zero attached hydrogens (tertiary/aromatic N) is 3. The van der Waals surface area contributed by atoms with Gasteiger partial charge in [-0.3, -0.25) is 4.79 Å². The molecule has 1 aromatic heterocycles.